The predicted molar refractivity (Wildman–Crippen MR) is 132 cm³/mol. The number of aromatic nitrogens is 1. The molecule has 0 spiro atoms. The third kappa shape index (κ3) is 5.17. The summed E-state index contributed by atoms with van der Waals surface area (Å²) in [5.41, 5.74) is 10.7. The standard InChI is InChI=1S/C28H23ClN2O/c1-19-5-7-20(8-6-19)3-2-4-27(32)22-12-9-21(10-13-22)11-16-25-26-17-24(29)15-14-23(26)18-31-28(25)30/h5-10,12-15,17-18H,2-4H2,1H3,(H2,30,31). The lowest BCUT2D eigenvalue weighted by atomic mass is 10.0. The minimum Gasteiger partial charge on any atom is -0.383 e. The highest BCUT2D eigenvalue weighted by atomic mass is 35.5. The highest BCUT2D eigenvalue weighted by Gasteiger charge is 2.07. The van der Waals surface area contributed by atoms with Gasteiger partial charge in [-0.1, -0.05) is 71.5 Å². The summed E-state index contributed by atoms with van der Waals surface area (Å²) in [5.74, 6) is 6.76. The number of benzene rings is 3. The first-order chi connectivity index (χ1) is 15.5. The Morgan fingerprint density at radius 3 is 2.50 bits per heavy atom. The predicted octanol–water partition coefficient (Wildman–Crippen LogP) is 6.38. The van der Waals surface area contributed by atoms with Gasteiger partial charge < -0.3 is 5.73 Å². The van der Waals surface area contributed by atoms with Gasteiger partial charge in [0.2, 0.25) is 0 Å². The summed E-state index contributed by atoms with van der Waals surface area (Å²) in [7, 11) is 0. The quantitative estimate of drug-likeness (QED) is 0.290. The average Bonchev–Trinajstić information content (AvgIpc) is 2.80. The molecule has 0 aliphatic rings. The fraction of sp³-hybridized carbons (Fsp3) is 0.143. The Kier molecular flexibility index (Phi) is 6.54. The van der Waals surface area contributed by atoms with Crippen molar-refractivity contribution < 1.29 is 4.79 Å². The SMILES string of the molecule is Cc1ccc(CCCC(=O)c2ccc(C#Cc3c(N)ncc4ccc(Cl)cc34)cc2)cc1. The number of hydrogen-bond donors (Lipinski definition) is 1. The van der Waals surface area contributed by atoms with Crippen LogP contribution >= 0.6 is 11.6 Å². The van der Waals surface area contributed by atoms with E-state index in [1.54, 1.807) is 6.20 Å². The van der Waals surface area contributed by atoms with Gasteiger partial charge in [0.25, 0.3) is 0 Å². The van der Waals surface area contributed by atoms with Crippen molar-refractivity contribution in [2.75, 3.05) is 5.73 Å². The molecule has 2 N–H and O–H groups in total. The van der Waals surface area contributed by atoms with E-state index in [9.17, 15) is 4.79 Å². The molecule has 3 aromatic carbocycles. The maximum Gasteiger partial charge on any atom is 0.162 e. The molecule has 158 valence electrons. The van der Waals surface area contributed by atoms with Gasteiger partial charge in [0.1, 0.15) is 5.82 Å². The first kappa shape index (κ1) is 21.6. The second-order valence-electron chi connectivity index (χ2n) is 7.84. The van der Waals surface area contributed by atoms with Crippen molar-refractivity contribution in [1.82, 2.24) is 4.98 Å². The molecule has 4 heteroatoms. The number of carbonyl (C=O) groups is 1. The van der Waals surface area contributed by atoms with Crippen molar-refractivity contribution in [3.8, 4) is 11.8 Å². The van der Waals surface area contributed by atoms with Crippen molar-refractivity contribution in [1.29, 1.82) is 0 Å². The molecule has 0 amide bonds. The van der Waals surface area contributed by atoms with E-state index in [0.717, 1.165) is 29.2 Å². The summed E-state index contributed by atoms with van der Waals surface area (Å²) < 4.78 is 0. The van der Waals surface area contributed by atoms with Gasteiger partial charge in [-0.25, -0.2) is 4.98 Å². The molecule has 1 heterocycles. The number of nitrogen functional groups attached to an aromatic ring is 1. The topological polar surface area (TPSA) is 56.0 Å². The molecule has 3 nitrogen and oxygen atoms in total. The van der Waals surface area contributed by atoms with Gasteiger partial charge in [0.15, 0.2) is 5.78 Å². The highest BCUT2D eigenvalue weighted by Crippen LogP contribution is 2.25. The molecule has 0 saturated carbocycles. The fourth-order valence-corrected chi connectivity index (χ4v) is 3.73. The Morgan fingerprint density at radius 2 is 1.75 bits per heavy atom. The van der Waals surface area contributed by atoms with Gasteiger partial charge in [-0.2, -0.15) is 0 Å². The summed E-state index contributed by atoms with van der Waals surface area (Å²) in [6.45, 7) is 2.07. The van der Waals surface area contributed by atoms with Crippen LogP contribution in [-0.4, -0.2) is 10.8 Å². The van der Waals surface area contributed by atoms with Gasteiger partial charge in [-0.05, 0) is 49.6 Å². The zero-order chi connectivity index (χ0) is 22.5. The van der Waals surface area contributed by atoms with Crippen LogP contribution in [0.15, 0.2) is 72.9 Å². The zero-order valence-electron chi connectivity index (χ0n) is 17.9. The van der Waals surface area contributed by atoms with Crippen LogP contribution in [0.2, 0.25) is 5.02 Å². The minimum absolute atomic E-state index is 0.147. The van der Waals surface area contributed by atoms with E-state index in [4.69, 9.17) is 17.3 Å². The summed E-state index contributed by atoms with van der Waals surface area (Å²) in [5, 5.41) is 2.42. The van der Waals surface area contributed by atoms with Crippen LogP contribution in [0.3, 0.4) is 0 Å². The summed E-state index contributed by atoms with van der Waals surface area (Å²) in [6.07, 6.45) is 3.97. The normalized spacial score (nSPS) is 10.6. The molecular formula is C28H23ClN2O. The smallest absolute Gasteiger partial charge is 0.162 e. The van der Waals surface area contributed by atoms with Crippen LogP contribution in [0.1, 0.15) is 45.5 Å². The fourth-order valence-electron chi connectivity index (χ4n) is 3.56. The summed E-state index contributed by atoms with van der Waals surface area (Å²) in [6, 6.07) is 21.4. The van der Waals surface area contributed by atoms with Crippen LogP contribution < -0.4 is 5.73 Å². The first-order valence-electron chi connectivity index (χ1n) is 10.5. The van der Waals surface area contributed by atoms with Crippen molar-refractivity contribution >= 4 is 34.0 Å². The van der Waals surface area contributed by atoms with E-state index in [0.29, 0.717) is 28.4 Å². The third-order valence-electron chi connectivity index (χ3n) is 5.41. The molecule has 4 aromatic rings. The van der Waals surface area contributed by atoms with Crippen molar-refractivity contribution in [3.05, 3.63) is 106 Å². The third-order valence-corrected chi connectivity index (χ3v) is 5.65. The van der Waals surface area contributed by atoms with Crippen LogP contribution in [0.5, 0.6) is 0 Å². The van der Waals surface area contributed by atoms with Crippen LogP contribution in [0, 0.1) is 18.8 Å². The van der Waals surface area contributed by atoms with Crippen LogP contribution in [0.4, 0.5) is 5.82 Å². The lowest BCUT2D eigenvalue weighted by Gasteiger charge is -2.04. The molecule has 0 fully saturated rings. The Morgan fingerprint density at radius 1 is 1.00 bits per heavy atom. The zero-order valence-corrected chi connectivity index (χ0v) is 18.6. The molecule has 4 rings (SSSR count). The Balaban J connectivity index is 1.44. The molecule has 32 heavy (non-hydrogen) atoms. The number of ketones is 1. The molecule has 0 unspecified atom stereocenters. The molecule has 0 aliphatic heterocycles. The van der Waals surface area contributed by atoms with Gasteiger partial charge in [0.05, 0.1) is 5.56 Å². The summed E-state index contributed by atoms with van der Waals surface area (Å²) in [4.78, 5) is 16.8. The van der Waals surface area contributed by atoms with E-state index < -0.39 is 0 Å². The maximum atomic E-state index is 12.5. The minimum atomic E-state index is 0.147. The van der Waals surface area contributed by atoms with Crippen molar-refractivity contribution in [2.24, 2.45) is 0 Å². The van der Waals surface area contributed by atoms with Crippen molar-refractivity contribution in [2.45, 2.75) is 26.2 Å². The number of nitrogens with two attached hydrogens (primary N) is 1. The number of carbonyl (C=O) groups excluding carboxylic acids is 1. The molecule has 0 aliphatic carbocycles. The van der Waals surface area contributed by atoms with E-state index in [1.165, 1.54) is 11.1 Å². The number of fused-ring (bicyclic) bond motifs is 1. The highest BCUT2D eigenvalue weighted by molar-refractivity contribution is 6.31. The number of aryl methyl sites for hydroxylation is 2. The number of anilines is 1. The average molecular weight is 439 g/mol. The van der Waals surface area contributed by atoms with Gasteiger partial charge in [0, 0.05) is 39.5 Å². The second-order valence-corrected chi connectivity index (χ2v) is 8.28. The summed E-state index contributed by atoms with van der Waals surface area (Å²) >= 11 is 6.14. The van der Waals surface area contributed by atoms with E-state index in [-0.39, 0.29) is 5.78 Å². The molecule has 0 saturated heterocycles. The number of rotatable bonds is 5. The Hall–Kier alpha value is -3.61. The second kappa shape index (κ2) is 9.68. The van der Waals surface area contributed by atoms with Crippen LogP contribution in [-0.2, 0) is 6.42 Å². The molecule has 0 radical (unpaired) electrons. The molecule has 1 aromatic heterocycles. The van der Waals surface area contributed by atoms with Gasteiger partial charge in [-0.15, -0.1) is 0 Å². The molecule has 0 atom stereocenters. The Bertz CT molecular complexity index is 1330. The van der Waals surface area contributed by atoms with Gasteiger partial charge >= 0.3 is 0 Å². The largest absolute Gasteiger partial charge is 0.383 e. The van der Waals surface area contributed by atoms with E-state index >= 15 is 0 Å². The maximum absolute atomic E-state index is 12.5. The lowest BCUT2D eigenvalue weighted by Crippen LogP contribution is -2.00. The van der Waals surface area contributed by atoms with E-state index in [2.05, 4.69) is 48.0 Å². The van der Waals surface area contributed by atoms with Crippen molar-refractivity contribution in [3.63, 3.8) is 0 Å². The Labute approximate surface area is 193 Å². The van der Waals surface area contributed by atoms with Crippen LogP contribution in [0.25, 0.3) is 10.8 Å². The van der Waals surface area contributed by atoms with E-state index in [1.807, 2.05) is 42.5 Å². The number of halogens is 1. The number of nitrogens with zero attached hydrogens (tertiary/aromatic N) is 1. The number of hydrogen-bond acceptors (Lipinski definition) is 3. The lowest BCUT2D eigenvalue weighted by molar-refractivity contribution is 0.0980. The monoisotopic (exact) mass is 438 g/mol. The first-order valence-corrected chi connectivity index (χ1v) is 10.9. The number of pyridine rings is 1. The number of Topliss-reactive ketones (excluding diaryl/α,β-unsaturated/α-hetero) is 1. The molecular weight excluding hydrogens is 416 g/mol. The molecule has 0 bridgehead atoms. The van der Waals surface area contributed by atoms with Gasteiger partial charge in [-0.3, -0.25) is 4.79 Å².